The summed E-state index contributed by atoms with van der Waals surface area (Å²) in [6.45, 7) is 7.70. The van der Waals surface area contributed by atoms with Crippen molar-refractivity contribution in [1.82, 2.24) is 10.0 Å². The van der Waals surface area contributed by atoms with Crippen molar-refractivity contribution >= 4 is 0 Å². The lowest BCUT2D eigenvalue weighted by Gasteiger charge is -2.30. The lowest BCUT2D eigenvalue weighted by Crippen LogP contribution is -2.34. The molecule has 1 heterocycles. The van der Waals surface area contributed by atoms with E-state index in [2.05, 4.69) is 23.5 Å². The molecule has 2 nitrogen and oxygen atoms in total. The Labute approximate surface area is 95.9 Å². The molecule has 0 atom stereocenters. The summed E-state index contributed by atoms with van der Waals surface area (Å²) in [6, 6.07) is 5.02. The van der Waals surface area contributed by atoms with E-state index in [1.807, 2.05) is 13.1 Å². The van der Waals surface area contributed by atoms with Crippen LogP contribution in [0, 0.1) is 5.82 Å². The van der Waals surface area contributed by atoms with Gasteiger partial charge in [-0.05, 0) is 29.7 Å². The van der Waals surface area contributed by atoms with Crippen molar-refractivity contribution in [3.63, 3.8) is 0 Å². The Hall–Kier alpha value is -1.35. The number of rotatable bonds is 3. The number of nitrogens with zero attached hydrogens (tertiary/aromatic N) is 2. The number of fused-ring (bicyclic) bond motifs is 1. The molecule has 0 bridgehead atoms. The minimum absolute atomic E-state index is 0.155. The van der Waals surface area contributed by atoms with Crippen molar-refractivity contribution in [3.05, 3.63) is 47.4 Å². The number of benzene rings is 1. The van der Waals surface area contributed by atoms with Crippen LogP contribution in [-0.2, 0) is 13.1 Å². The van der Waals surface area contributed by atoms with Gasteiger partial charge in [-0.25, -0.2) is 9.40 Å². The maximum Gasteiger partial charge on any atom is 0.123 e. The summed E-state index contributed by atoms with van der Waals surface area (Å²) < 4.78 is 13.1. The third-order valence-corrected chi connectivity index (χ3v) is 3.16. The number of allylic oxidation sites excluding steroid dienone is 1. The molecule has 0 saturated carbocycles. The molecule has 0 spiro atoms. The predicted octanol–water partition coefficient (Wildman–Crippen LogP) is 2.91. The van der Waals surface area contributed by atoms with Crippen molar-refractivity contribution in [2.45, 2.75) is 26.4 Å². The van der Waals surface area contributed by atoms with Gasteiger partial charge in [0.1, 0.15) is 5.82 Å². The second kappa shape index (κ2) is 4.26. The van der Waals surface area contributed by atoms with Crippen LogP contribution in [0.1, 0.15) is 24.5 Å². The van der Waals surface area contributed by atoms with Crippen LogP contribution in [0.2, 0.25) is 0 Å². The molecular formula is C13H17FN2. The predicted molar refractivity (Wildman–Crippen MR) is 62.8 cm³/mol. The van der Waals surface area contributed by atoms with Crippen molar-refractivity contribution in [2.24, 2.45) is 0 Å². The van der Waals surface area contributed by atoms with E-state index in [4.69, 9.17) is 0 Å². The van der Waals surface area contributed by atoms with E-state index in [-0.39, 0.29) is 5.82 Å². The van der Waals surface area contributed by atoms with Gasteiger partial charge in [-0.1, -0.05) is 19.6 Å². The number of halogens is 1. The first kappa shape index (κ1) is 11.1. The van der Waals surface area contributed by atoms with Gasteiger partial charge in [0, 0.05) is 25.8 Å². The van der Waals surface area contributed by atoms with Crippen molar-refractivity contribution in [1.29, 1.82) is 0 Å². The minimum atomic E-state index is -0.155. The van der Waals surface area contributed by atoms with Gasteiger partial charge in [0.2, 0.25) is 0 Å². The van der Waals surface area contributed by atoms with Crippen molar-refractivity contribution < 1.29 is 4.39 Å². The molecule has 1 aliphatic rings. The third-order valence-electron chi connectivity index (χ3n) is 3.16. The lowest BCUT2D eigenvalue weighted by molar-refractivity contribution is 0.0268. The van der Waals surface area contributed by atoms with E-state index in [1.54, 1.807) is 6.07 Å². The highest BCUT2D eigenvalue weighted by atomic mass is 19.1. The molecule has 0 fully saturated rings. The van der Waals surface area contributed by atoms with E-state index >= 15 is 0 Å². The molecule has 0 saturated heterocycles. The molecule has 86 valence electrons. The van der Waals surface area contributed by atoms with Gasteiger partial charge >= 0.3 is 0 Å². The van der Waals surface area contributed by atoms with E-state index in [0.717, 1.165) is 30.8 Å². The molecule has 0 N–H and O–H groups in total. The van der Waals surface area contributed by atoms with Gasteiger partial charge in [0.05, 0.1) is 0 Å². The Morgan fingerprint density at radius 1 is 1.44 bits per heavy atom. The van der Waals surface area contributed by atoms with E-state index in [9.17, 15) is 4.39 Å². The largest absolute Gasteiger partial charge is 0.313 e. The maximum atomic E-state index is 13.1. The Kier molecular flexibility index (Phi) is 2.97. The minimum Gasteiger partial charge on any atom is -0.313 e. The second-order valence-corrected chi connectivity index (χ2v) is 4.18. The second-order valence-electron chi connectivity index (χ2n) is 4.18. The SMILES string of the molecule is C=C(CC)N(C)N1Cc2ccc(F)cc2C1. The molecule has 0 aliphatic carbocycles. The normalized spacial score (nSPS) is 14.9. The highest BCUT2D eigenvalue weighted by molar-refractivity contribution is 5.30. The summed E-state index contributed by atoms with van der Waals surface area (Å²) in [5.41, 5.74) is 3.36. The Morgan fingerprint density at radius 3 is 2.81 bits per heavy atom. The quantitative estimate of drug-likeness (QED) is 0.772. The van der Waals surface area contributed by atoms with Crippen molar-refractivity contribution in [3.8, 4) is 0 Å². The van der Waals surface area contributed by atoms with Gasteiger partial charge in [-0.15, -0.1) is 0 Å². The Bertz CT molecular complexity index is 414. The summed E-state index contributed by atoms with van der Waals surface area (Å²) in [5.74, 6) is -0.155. The summed E-state index contributed by atoms with van der Waals surface area (Å²) >= 11 is 0. The zero-order valence-electron chi connectivity index (χ0n) is 9.83. The zero-order chi connectivity index (χ0) is 11.7. The molecular weight excluding hydrogens is 203 g/mol. The fraction of sp³-hybridized carbons (Fsp3) is 0.385. The van der Waals surface area contributed by atoms with Gasteiger partial charge in [0.15, 0.2) is 0 Å². The lowest BCUT2D eigenvalue weighted by atomic mass is 10.1. The van der Waals surface area contributed by atoms with Gasteiger partial charge < -0.3 is 5.01 Å². The monoisotopic (exact) mass is 220 g/mol. The maximum absolute atomic E-state index is 13.1. The van der Waals surface area contributed by atoms with Crippen LogP contribution in [0.3, 0.4) is 0 Å². The molecule has 1 aliphatic heterocycles. The average Bonchev–Trinajstić information content (AvgIpc) is 2.69. The van der Waals surface area contributed by atoms with Crippen LogP contribution in [0.5, 0.6) is 0 Å². The third kappa shape index (κ3) is 1.95. The van der Waals surface area contributed by atoms with E-state index in [0.29, 0.717) is 0 Å². The smallest absolute Gasteiger partial charge is 0.123 e. The van der Waals surface area contributed by atoms with Crippen LogP contribution in [0.25, 0.3) is 0 Å². The first-order valence-corrected chi connectivity index (χ1v) is 5.55. The molecule has 1 aromatic carbocycles. The molecule has 3 heteroatoms. The first-order chi connectivity index (χ1) is 7.61. The van der Waals surface area contributed by atoms with E-state index in [1.165, 1.54) is 11.6 Å². The Balaban J connectivity index is 2.13. The number of hydrogen-bond donors (Lipinski definition) is 0. The van der Waals surface area contributed by atoms with Crippen molar-refractivity contribution in [2.75, 3.05) is 7.05 Å². The van der Waals surface area contributed by atoms with Crippen LogP contribution in [-0.4, -0.2) is 17.1 Å². The molecule has 2 rings (SSSR count). The van der Waals surface area contributed by atoms with E-state index < -0.39 is 0 Å². The summed E-state index contributed by atoms with van der Waals surface area (Å²) in [6.07, 6.45) is 0.928. The van der Waals surface area contributed by atoms with Crippen LogP contribution < -0.4 is 0 Å². The highest BCUT2D eigenvalue weighted by Crippen LogP contribution is 2.25. The summed E-state index contributed by atoms with van der Waals surface area (Å²) in [7, 11) is 2.01. The average molecular weight is 220 g/mol. The van der Waals surface area contributed by atoms with Gasteiger partial charge in [-0.3, -0.25) is 0 Å². The number of hydrogen-bond acceptors (Lipinski definition) is 2. The van der Waals surface area contributed by atoms with Gasteiger partial charge in [0.25, 0.3) is 0 Å². The first-order valence-electron chi connectivity index (χ1n) is 5.55. The summed E-state index contributed by atoms with van der Waals surface area (Å²) in [4.78, 5) is 0. The van der Waals surface area contributed by atoms with Crippen LogP contribution in [0.4, 0.5) is 4.39 Å². The Morgan fingerprint density at radius 2 is 2.12 bits per heavy atom. The summed E-state index contributed by atoms with van der Waals surface area (Å²) in [5, 5.41) is 4.24. The highest BCUT2D eigenvalue weighted by Gasteiger charge is 2.22. The topological polar surface area (TPSA) is 6.48 Å². The molecule has 0 radical (unpaired) electrons. The molecule has 0 unspecified atom stereocenters. The van der Waals surface area contributed by atoms with Gasteiger partial charge in [-0.2, -0.15) is 0 Å². The molecule has 0 amide bonds. The fourth-order valence-corrected chi connectivity index (χ4v) is 1.99. The molecule has 1 aromatic rings. The fourth-order valence-electron chi connectivity index (χ4n) is 1.99. The molecule has 16 heavy (non-hydrogen) atoms. The zero-order valence-corrected chi connectivity index (χ0v) is 9.83. The standard InChI is InChI=1S/C13H17FN2/c1-4-10(2)15(3)16-8-11-5-6-13(14)7-12(11)9-16/h5-7H,2,4,8-9H2,1,3H3. The molecule has 0 aromatic heterocycles. The number of hydrazine groups is 1. The van der Waals surface area contributed by atoms with Crippen LogP contribution >= 0.6 is 0 Å². The van der Waals surface area contributed by atoms with Crippen LogP contribution in [0.15, 0.2) is 30.5 Å².